The lowest BCUT2D eigenvalue weighted by Gasteiger charge is -2.33. The van der Waals surface area contributed by atoms with Gasteiger partial charge in [0.25, 0.3) is 0 Å². The van der Waals surface area contributed by atoms with Crippen LogP contribution in [-0.2, 0) is 4.74 Å². The maximum atomic E-state index is 12.4. The Kier molecular flexibility index (Phi) is 6.09. The molecule has 4 rings (SSSR count). The van der Waals surface area contributed by atoms with Gasteiger partial charge >= 0.3 is 12.3 Å². The molecule has 5 atom stereocenters. The lowest BCUT2D eigenvalue weighted by Crippen LogP contribution is -2.33. The maximum absolute atomic E-state index is 12.4. The number of aliphatic hydroxyl groups excluding tert-OH is 1. The number of alkyl halides is 3. The summed E-state index contributed by atoms with van der Waals surface area (Å²) in [5.74, 6) is -1.45. The average Bonchev–Trinajstić information content (AvgIpc) is 3.29. The zero-order valence-corrected chi connectivity index (χ0v) is 16.9. The number of fused-ring (bicyclic) bond motifs is 1. The van der Waals surface area contributed by atoms with Gasteiger partial charge in [-0.15, -0.1) is 24.5 Å². The van der Waals surface area contributed by atoms with Crippen molar-refractivity contribution >= 4 is 17.3 Å². The van der Waals surface area contributed by atoms with E-state index in [0.717, 1.165) is 12.5 Å². The number of thiazole rings is 1. The molecule has 2 N–H and O–H groups in total. The molecule has 0 radical (unpaired) electrons. The molecule has 1 aliphatic carbocycles. The summed E-state index contributed by atoms with van der Waals surface area (Å²) in [6.07, 6.45) is -4.22. The minimum absolute atomic E-state index is 0.0137. The molecule has 0 spiro atoms. The van der Waals surface area contributed by atoms with Gasteiger partial charge in [0.1, 0.15) is 22.6 Å². The van der Waals surface area contributed by atoms with Gasteiger partial charge < -0.3 is 24.4 Å². The third-order valence-corrected chi connectivity index (χ3v) is 6.53. The fourth-order valence-electron chi connectivity index (χ4n) is 4.23. The van der Waals surface area contributed by atoms with E-state index in [1.54, 1.807) is 0 Å². The van der Waals surface area contributed by atoms with Crippen molar-refractivity contribution in [2.24, 2.45) is 11.8 Å². The van der Waals surface area contributed by atoms with Gasteiger partial charge in [-0.3, -0.25) is 0 Å². The lowest BCUT2D eigenvalue weighted by molar-refractivity contribution is -0.274. The number of aromatic carboxylic acids is 1. The predicted octanol–water partition coefficient (Wildman–Crippen LogP) is 4.04. The first-order valence-electron chi connectivity index (χ1n) is 9.70. The van der Waals surface area contributed by atoms with E-state index in [-0.39, 0.29) is 47.8 Å². The van der Waals surface area contributed by atoms with Crippen LogP contribution < -0.4 is 9.47 Å². The molecule has 7 nitrogen and oxygen atoms in total. The molecule has 0 bridgehead atoms. The zero-order valence-electron chi connectivity index (χ0n) is 16.1. The summed E-state index contributed by atoms with van der Waals surface area (Å²) >= 11 is 1.24. The van der Waals surface area contributed by atoms with Gasteiger partial charge in [0, 0.05) is 23.8 Å². The molecule has 1 saturated carbocycles. The second-order valence-electron chi connectivity index (χ2n) is 7.58. The van der Waals surface area contributed by atoms with E-state index in [0.29, 0.717) is 17.8 Å². The van der Waals surface area contributed by atoms with Crippen molar-refractivity contribution in [2.45, 2.75) is 43.9 Å². The van der Waals surface area contributed by atoms with Crippen LogP contribution in [0.4, 0.5) is 13.2 Å². The van der Waals surface area contributed by atoms with E-state index < -0.39 is 18.4 Å². The topological polar surface area (TPSA) is 98.1 Å². The Hall–Kier alpha value is -2.37. The molecule has 168 valence electrons. The summed E-state index contributed by atoms with van der Waals surface area (Å²) in [6, 6.07) is 5.27. The zero-order chi connectivity index (χ0) is 22.2. The molecule has 2 heterocycles. The lowest BCUT2D eigenvalue weighted by atomic mass is 9.87. The molecule has 0 amide bonds. The van der Waals surface area contributed by atoms with E-state index in [1.165, 1.54) is 34.9 Å². The third-order valence-electron chi connectivity index (χ3n) is 5.59. The minimum atomic E-state index is -4.79. The van der Waals surface area contributed by atoms with Crippen molar-refractivity contribution in [1.82, 2.24) is 4.98 Å². The average molecular weight is 459 g/mol. The normalized spacial score (nSPS) is 28.2. The van der Waals surface area contributed by atoms with Crippen LogP contribution in [0.5, 0.6) is 11.5 Å². The molecule has 1 aromatic heterocycles. The standard InChI is InChI=1S/C20H20F3NO6S/c21-20(22,23)30-11-3-1-2-10(6-11)28-8-13-12-4-5-16(29-17(12)7-15(13)25)18-24-14(9-31-18)19(26)27/h1-3,6,9,12-13,15-17,25H,4-5,7-8H2,(H,26,27)/t12-,13-,15-,16-,17+/m1/s1. The molecular formula is C20H20F3NO6S. The van der Waals surface area contributed by atoms with Crippen LogP contribution in [0.3, 0.4) is 0 Å². The summed E-state index contributed by atoms with van der Waals surface area (Å²) in [5, 5.41) is 21.6. The first kappa shape index (κ1) is 21.8. The van der Waals surface area contributed by atoms with Crippen LogP contribution >= 0.6 is 11.3 Å². The van der Waals surface area contributed by atoms with Gasteiger partial charge in [-0.05, 0) is 30.9 Å². The van der Waals surface area contributed by atoms with Crippen LogP contribution in [0.15, 0.2) is 29.6 Å². The number of carbonyl (C=O) groups is 1. The number of aromatic nitrogens is 1. The molecule has 2 fully saturated rings. The van der Waals surface area contributed by atoms with Gasteiger partial charge in [0.05, 0.1) is 18.8 Å². The smallest absolute Gasteiger partial charge is 0.493 e. The Morgan fingerprint density at radius 1 is 1.29 bits per heavy atom. The second kappa shape index (κ2) is 8.64. The number of nitrogens with zero attached hydrogens (tertiary/aromatic N) is 1. The Bertz CT molecular complexity index is 936. The van der Waals surface area contributed by atoms with E-state index in [1.807, 2.05) is 0 Å². The van der Waals surface area contributed by atoms with E-state index >= 15 is 0 Å². The summed E-state index contributed by atoms with van der Waals surface area (Å²) in [4.78, 5) is 15.1. The Balaban J connectivity index is 1.36. The van der Waals surface area contributed by atoms with Crippen LogP contribution in [-0.4, -0.2) is 46.3 Å². The summed E-state index contributed by atoms with van der Waals surface area (Å²) in [6.45, 7) is 0.131. The quantitative estimate of drug-likeness (QED) is 0.673. The van der Waals surface area contributed by atoms with Gasteiger partial charge in [-0.25, -0.2) is 9.78 Å². The van der Waals surface area contributed by atoms with Gasteiger partial charge in [0.15, 0.2) is 5.69 Å². The number of hydrogen-bond donors (Lipinski definition) is 2. The van der Waals surface area contributed by atoms with Crippen LogP contribution in [0.25, 0.3) is 0 Å². The Morgan fingerprint density at radius 3 is 2.77 bits per heavy atom. The number of carboxylic acid groups (broad SMARTS) is 1. The number of halogens is 3. The summed E-state index contributed by atoms with van der Waals surface area (Å²) in [5.41, 5.74) is -0.0137. The van der Waals surface area contributed by atoms with Crippen molar-refractivity contribution in [3.05, 3.63) is 40.3 Å². The van der Waals surface area contributed by atoms with Crippen molar-refractivity contribution in [3.63, 3.8) is 0 Å². The fraction of sp³-hybridized carbons (Fsp3) is 0.500. The highest BCUT2D eigenvalue weighted by Gasteiger charge is 2.47. The minimum Gasteiger partial charge on any atom is -0.493 e. The Labute approximate surface area is 179 Å². The molecule has 0 unspecified atom stereocenters. The number of benzene rings is 1. The number of ether oxygens (including phenoxy) is 3. The van der Waals surface area contributed by atoms with Crippen LogP contribution in [0, 0.1) is 11.8 Å². The Morgan fingerprint density at radius 2 is 2.06 bits per heavy atom. The molecule has 2 aromatic rings. The highest BCUT2D eigenvalue weighted by Crippen LogP contribution is 2.46. The largest absolute Gasteiger partial charge is 0.573 e. The number of hydrogen-bond acceptors (Lipinski definition) is 7. The molecule has 1 saturated heterocycles. The second-order valence-corrected chi connectivity index (χ2v) is 8.47. The number of carboxylic acids is 1. The van der Waals surface area contributed by atoms with E-state index in [2.05, 4.69) is 9.72 Å². The van der Waals surface area contributed by atoms with Gasteiger partial charge in [0.2, 0.25) is 0 Å². The molecule has 2 aliphatic rings. The van der Waals surface area contributed by atoms with Gasteiger partial charge in [-0.1, -0.05) is 6.07 Å². The van der Waals surface area contributed by atoms with E-state index in [9.17, 15) is 23.1 Å². The van der Waals surface area contributed by atoms with Crippen LogP contribution in [0.2, 0.25) is 0 Å². The summed E-state index contributed by atoms with van der Waals surface area (Å²) < 4.78 is 52.9. The first-order chi connectivity index (χ1) is 14.7. The number of rotatable bonds is 6. The SMILES string of the molecule is O=C(O)c1csc([C@H]2CC[C@@H]3[C@@H](COc4cccc(OC(F)(F)F)c4)[C@H](O)C[C@@H]3O2)n1. The van der Waals surface area contributed by atoms with E-state index in [4.69, 9.17) is 14.6 Å². The highest BCUT2D eigenvalue weighted by atomic mass is 32.1. The third kappa shape index (κ3) is 5.10. The predicted molar refractivity (Wildman–Crippen MR) is 102 cm³/mol. The molecule has 1 aliphatic heterocycles. The van der Waals surface area contributed by atoms with Crippen molar-refractivity contribution in [1.29, 1.82) is 0 Å². The molecule has 31 heavy (non-hydrogen) atoms. The monoisotopic (exact) mass is 459 g/mol. The highest BCUT2D eigenvalue weighted by molar-refractivity contribution is 7.09. The van der Waals surface area contributed by atoms with Crippen LogP contribution in [0.1, 0.15) is 40.9 Å². The van der Waals surface area contributed by atoms with Crippen molar-refractivity contribution in [2.75, 3.05) is 6.61 Å². The van der Waals surface area contributed by atoms with Gasteiger partial charge in [-0.2, -0.15) is 0 Å². The fourth-order valence-corrected chi connectivity index (χ4v) is 5.09. The maximum Gasteiger partial charge on any atom is 0.573 e. The first-order valence-corrected chi connectivity index (χ1v) is 10.6. The number of aliphatic hydroxyl groups is 1. The van der Waals surface area contributed by atoms with Crippen molar-refractivity contribution in [3.8, 4) is 11.5 Å². The molecule has 1 aromatic carbocycles. The van der Waals surface area contributed by atoms with Crippen molar-refractivity contribution < 1.29 is 42.4 Å². The summed E-state index contributed by atoms with van der Waals surface area (Å²) in [7, 11) is 0. The molecule has 11 heteroatoms. The molecular weight excluding hydrogens is 439 g/mol.